The van der Waals surface area contributed by atoms with E-state index in [0.29, 0.717) is 29.7 Å². The standard InChI is InChI=1S/C42H47BrN6O4/c1-6-45-42(53)38(26(2)3)49-39(50)28(5)46-25-36(20-29-12-8-7-9-13-29)48-41(52)34-22-32(37-15-11-10-14-31(37)24-44)21-33(23-34)40(51)47-27(4)30-16-18-35(43)19-17-30/h7-19,21-23,26-28,36,38,46H,6,20,25H2,1-5H3,(H,45,53)(H,47,51)(H,48,52)(H,49,50)/t27-,28+,36+,38+/m1/s1. The number of nitrogens with one attached hydrogen (secondary N) is 5. The average Bonchev–Trinajstić information content (AvgIpc) is 3.15. The van der Waals surface area contributed by atoms with Crippen molar-refractivity contribution in [3.63, 3.8) is 0 Å². The van der Waals surface area contributed by atoms with Crippen molar-refractivity contribution >= 4 is 39.6 Å². The van der Waals surface area contributed by atoms with E-state index in [2.05, 4.69) is 48.6 Å². The molecule has 5 N–H and O–H groups in total. The second kappa shape index (κ2) is 19.5. The number of carbonyl (C=O) groups excluding carboxylic acids is 4. The summed E-state index contributed by atoms with van der Waals surface area (Å²) in [6.45, 7) is 9.85. The van der Waals surface area contributed by atoms with Crippen LogP contribution in [0.2, 0.25) is 0 Å². The third-order valence-electron chi connectivity index (χ3n) is 8.86. The van der Waals surface area contributed by atoms with Crippen LogP contribution in [0.4, 0.5) is 0 Å². The topological polar surface area (TPSA) is 152 Å². The van der Waals surface area contributed by atoms with Crippen LogP contribution in [0, 0.1) is 17.2 Å². The first-order valence-electron chi connectivity index (χ1n) is 17.8. The fourth-order valence-corrected chi connectivity index (χ4v) is 6.11. The van der Waals surface area contributed by atoms with Crippen molar-refractivity contribution in [1.82, 2.24) is 26.6 Å². The maximum atomic E-state index is 14.1. The van der Waals surface area contributed by atoms with Gasteiger partial charge in [-0.2, -0.15) is 5.26 Å². The second-order valence-electron chi connectivity index (χ2n) is 13.3. The molecule has 0 aromatic heterocycles. The number of nitriles is 1. The Bertz CT molecular complexity index is 1930. The minimum Gasteiger partial charge on any atom is -0.355 e. The van der Waals surface area contributed by atoms with E-state index in [1.165, 1.54) is 0 Å². The van der Waals surface area contributed by atoms with Crippen LogP contribution >= 0.6 is 15.9 Å². The van der Waals surface area contributed by atoms with Crippen LogP contribution in [0.1, 0.15) is 78.1 Å². The highest BCUT2D eigenvalue weighted by Gasteiger charge is 2.27. The molecular weight excluding hydrogens is 732 g/mol. The summed E-state index contributed by atoms with van der Waals surface area (Å²) < 4.78 is 0.925. The summed E-state index contributed by atoms with van der Waals surface area (Å²) in [7, 11) is 0. The van der Waals surface area contributed by atoms with Crippen LogP contribution in [0.25, 0.3) is 11.1 Å². The molecule has 4 rings (SSSR count). The molecule has 4 aromatic rings. The largest absolute Gasteiger partial charge is 0.355 e. The number of benzene rings is 4. The lowest BCUT2D eigenvalue weighted by molar-refractivity contribution is -0.130. The van der Waals surface area contributed by atoms with Gasteiger partial charge in [0.2, 0.25) is 11.8 Å². The predicted molar refractivity (Wildman–Crippen MR) is 211 cm³/mol. The number of carbonyl (C=O) groups is 4. The van der Waals surface area contributed by atoms with E-state index in [9.17, 15) is 24.4 Å². The molecule has 0 aliphatic carbocycles. The van der Waals surface area contributed by atoms with Crippen LogP contribution in [-0.4, -0.2) is 54.8 Å². The summed E-state index contributed by atoms with van der Waals surface area (Å²) in [4.78, 5) is 53.6. The van der Waals surface area contributed by atoms with Crippen LogP contribution in [0.5, 0.6) is 0 Å². The van der Waals surface area contributed by atoms with E-state index >= 15 is 0 Å². The van der Waals surface area contributed by atoms with Gasteiger partial charge in [0, 0.05) is 34.7 Å². The Labute approximate surface area is 320 Å². The molecule has 0 spiro atoms. The fraction of sp³-hybridized carbons (Fsp3) is 0.310. The Hall–Kier alpha value is -5.31. The van der Waals surface area contributed by atoms with Gasteiger partial charge in [0.05, 0.1) is 23.7 Å². The van der Waals surface area contributed by atoms with Gasteiger partial charge in [-0.3, -0.25) is 19.2 Å². The Balaban J connectivity index is 1.60. The van der Waals surface area contributed by atoms with Gasteiger partial charge < -0.3 is 26.6 Å². The molecule has 0 heterocycles. The summed E-state index contributed by atoms with van der Waals surface area (Å²) >= 11 is 3.44. The molecule has 0 unspecified atom stereocenters. The SMILES string of the molecule is CCNC(=O)[C@@H](NC(=O)[C@H](C)NC[C@H](Cc1ccccc1)NC(=O)c1cc(C(=O)N[C@H](C)c2ccc(Br)cc2)cc(-c2ccccc2C#N)c1)C(C)C. The molecule has 0 bridgehead atoms. The number of rotatable bonds is 16. The molecule has 4 amide bonds. The molecule has 11 heteroatoms. The minimum atomic E-state index is -0.686. The third kappa shape index (κ3) is 11.6. The minimum absolute atomic E-state index is 0.116. The first-order valence-corrected chi connectivity index (χ1v) is 18.6. The molecular formula is C42H47BrN6O4. The molecule has 0 fully saturated rings. The number of hydrogen-bond donors (Lipinski definition) is 5. The van der Waals surface area contributed by atoms with Crippen molar-refractivity contribution in [3.8, 4) is 17.2 Å². The quantitative estimate of drug-likeness (QED) is 0.0931. The zero-order chi connectivity index (χ0) is 38.5. The summed E-state index contributed by atoms with van der Waals surface area (Å²) in [6.07, 6.45) is 0.455. The van der Waals surface area contributed by atoms with Gasteiger partial charge in [0.15, 0.2) is 0 Å². The molecule has 0 aliphatic rings. The number of likely N-dealkylation sites (N-methyl/N-ethyl adjacent to an activating group) is 1. The number of amides is 4. The van der Waals surface area contributed by atoms with E-state index in [-0.39, 0.29) is 47.4 Å². The van der Waals surface area contributed by atoms with Crippen molar-refractivity contribution in [1.29, 1.82) is 5.26 Å². The lowest BCUT2D eigenvalue weighted by Crippen LogP contribution is -2.55. The Kier molecular flexibility index (Phi) is 14.9. The smallest absolute Gasteiger partial charge is 0.251 e. The van der Waals surface area contributed by atoms with E-state index in [4.69, 9.17) is 0 Å². The van der Waals surface area contributed by atoms with E-state index in [1.807, 2.05) is 82.3 Å². The molecule has 53 heavy (non-hydrogen) atoms. The normalized spacial score (nSPS) is 13.2. The molecule has 0 saturated carbocycles. The number of halogens is 1. The lowest BCUT2D eigenvalue weighted by Gasteiger charge is -2.25. The van der Waals surface area contributed by atoms with Crippen molar-refractivity contribution in [2.45, 2.75) is 65.2 Å². The van der Waals surface area contributed by atoms with Crippen molar-refractivity contribution in [3.05, 3.63) is 129 Å². The molecule has 0 radical (unpaired) electrons. The van der Waals surface area contributed by atoms with Gasteiger partial charge in [0.25, 0.3) is 11.8 Å². The molecule has 0 aliphatic heterocycles. The van der Waals surface area contributed by atoms with Gasteiger partial charge in [-0.1, -0.05) is 90.4 Å². The third-order valence-corrected chi connectivity index (χ3v) is 9.38. The zero-order valence-corrected chi connectivity index (χ0v) is 32.3. The number of nitrogens with zero attached hydrogens (tertiary/aromatic N) is 1. The van der Waals surface area contributed by atoms with Gasteiger partial charge >= 0.3 is 0 Å². The Morgan fingerprint density at radius 3 is 2.00 bits per heavy atom. The van der Waals surface area contributed by atoms with E-state index < -0.39 is 24.0 Å². The van der Waals surface area contributed by atoms with Crippen molar-refractivity contribution < 1.29 is 19.2 Å². The molecule has 10 nitrogen and oxygen atoms in total. The van der Waals surface area contributed by atoms with Gasteiger partial charge in [-0.05, 0) is 91.8 Å². The number of hydrogen-bond acceptors (Lipinski definition) is 6. The van der Waals surface area contributed by atoms with Crippen molar-refractivity contribution in [2.75, 3.05) is 13.1 Å². The highest BCUT2D eigenvalue weighted by Crippen LogP contribution is 2.27. The summed E-state index contributed by atoms with van der Waals surface area (Å²) in [5, 5.41) is 24.9. The molecule has 4 aromatic carbocycles. The van der Waals surface area contributed by atoms with Crippen LogP contribution in [0.3, 0.4) is 0 Å². The van der Waals surface area contributed by atoms with Gasteiger partial charge in [-0.15, -0.1) is 0 Å². The maximum Gasteiger partial charge on any atom is 0.251 e. The average molecular weight is 780 g/mol. The molecule has 4 atom stereocenters. The van der Waals surface area contributed by atoms with Gasteiger partial charge in [0.1, 0.15) is 6.04 Å². The predicted octanol–water partition coefficient (Wildman–Crippen LogP) is 6.07. The first kappa shape index (κ1) is 40.5. The lowest BCUT2D eigenvalue weighted by atomic mass is 9.95. The second-order valence-corrected chi connectivity index (χ2v) is 14.2. The fourth-order valence-electron chi connectivity index (χ4n) is 5.84. The summed E-state index contributed by atoms with van der Waals surface area (Å²) in [6, 6.07) is 29.3. The van der Waals surface area contributed by atoms with Crippen molar-refractivity contribution in [2.24, 2.45) is 5.92 Å². The highest BCUT2D eigenvalue weighted by atomic mass is 79.9. The summed E-state index contributed by atoms with van der Waals surface area (Å²) in [5.41, 5.74) is 3.94. The Morgan fingerprint density at radius 2 is 1.38 bits per heavy atom. The molecule has 276 valence electrons. The van der Waals surface area contributed by atoms with Crippen LogP contribution in [0.15, 0.2) is 102 Å². The highest BCUT2D eigenvalue weighted by molar-refractivity contribution is 9.10. The van der Waals surface area contributed by atoms with E-state index in [0.717, 1.165) is 15.6 Å². The summed E-state index contributed by atoms with van der Waals surface area (Å²) in [5.74, 6) is -1.49. The first-order chi connectivity index (χ1) is 25.4. The maximum absolute atomic E-state index is 14.1. The molecule has 0 saturated heterocycles. The van der Waals surface area contributed by atoms with Crippen LogP contribution < -0.4 is 26.6 Å². The zero-order valence-electron chi connectivity index (χ0n) is 30.7. The monoisotopic (exact) mass is 778 g/mol. The Morgan fingerprint density at radius 1 is 0.755 bits per heavy atom. The van der Waals surface area contributed by atoms with E-state index in [1.54, 1.807) is 49.4 Å². The van der Waals surface area contributed by atoms with Crippen LogP contribution in [-0.2, 0) is 16.0 Å². The van der Waals surface area contributed by atoms with Gasteiger partial charge in [-0.25, -0.2) is 0 Å².